The van der Waals surface area contributed by atoms with Crippen LogP contribution in [0.2, 0.25) is 0 Å². The quantitative estimate of drug-likeness (QED) is 0.296. The van der Waals surface area contributed by atoms with E-state index in [0.29, 0.717) is 6.61 Å². The van der Waals surface area contributed by atoms with E-state index in [1.807, 2.05) is 0 Å². The van der Waals surface area contributed by atoms with Crippen molar-refractivity contribution in [3.05, 3.63) is 0 Å². The van der Waals surface area contributed by atoms with Crippen molar-refractivity contribution in [2.75, 3.05) is 40.9 Å². The Hall–Kier alpha value is -0.700. The lowest BCUT2D eigenvalue weighted by Crippen LogP contribution is -2.37. The molecule has 0 rings (SSSR count). The topological polar surface area (TPSA) is 92.7 Å². The Morgan fingerprint density at radius 3 is 1.94 bits per heavy atom. The van der Waals surface area contributed by atoms with Crippen LogP contribution in [0.3, 0.4) is 0 Å². The Morgan fingerprint density at radius 2 is 1.76 bits per heavy atom. The minimum atomic E-state index is -4.42. The van der Waals surface area contributed by atoms with Crippen LogP contribution in [0.5, 0.6) is 0 Å². The van der Waals surface area contributed by atoms with Crippen molar-refractivity contribution >= 4 is 16.4 Å². The van der Waals surface area contributed by atoms with Gasteiger partial charge in [0.15, 0.2) is 0 Å². The molecule has 7 nitrogen and oxygen atoms in total. The van der Waals surface area contributed by atoms with E-state index in [1.54, 1.807) is 0 Å². The number of likely N-dealkylation sites (N-methyl/N-ethyl adjacent to an activating group) is 1. The molecule has 104 valence electrons. The number of carbonyl (C=O) groups excluding carboxylic acids is 1. The van der Waals surface area contributed by atoms with Crippen LogP contribution in [-0.2, 0) is 24.1 Å². The highest BCUT2D eigenvalue weighted by atomic mass is 32.3. The number of hydrogen-bond acceptors (Lipinski definition) is 6. The number of nitrogens with zero attached hydrogens (tertiary/aromatic N) is 1. The third kappa shape index (κ3) is 25.5. The molecule has 0 saturated heterocycles. The number of carbonyl (C=O) groups is 1. The highest BCUT2D eigenvalue weighted by Gasteiger charge is 2.06. The summed E-state index contributed by atoms with van der Waals surface area (Å²) < 4.78 is 37.6. The fourth-order valence-corrected chi connectivity index (χ4v) is 0.896. The molecule has 0 aliphatic heterocycles. The molecule has 17 heavy (non-hydrogen) atoms. The van der Waals surface area contributed by atoms with Gasteiger partial charge in [0, 0.05) is 6.92 Å². The molecule has 0 amide bonds. The summed E-state index contributed by atoms with van der Waals surface area (Å²) in [7, 11) is 1.75. The fraction of sp³-hybridized carbons (Fsp3) is 0.889. The van der Waals surface area contributed by atoms with Gasteiger partial charge < -0.3 is 13.8 Å². The van der Waals surface area contributed by atoms with Crippen LogP contribution in [-0.4, -0.2) is 64.3 Å². The maximum atomic E-state index is 10.3. The van der Waals surface area contributed by atoms with E-state index < -0.39 is 10.4 Å². The molecule has 0 aromatic rings. The van der Waals surface area contributed by atoms with Crippen molar-refractivity contribution in [2.45, 2.75) is 13.8 Å². The second-order valence-electron chi connectivity index (χ2n) is 4.17. The van der Waals surface area contributed by atoms with Crippen molar-refractivity contribution in [3.63, 3.8) is 0 Å². The third-order valence-corrected chi connectivity index (χ3v) is 1.85. The SMILES string of the molecule is CC(=O)OCC[N+](C)(C)C.CCOS(=O)(=O)[O-]. The molecule has 0 atom stereocenters. The molecule has 0 aliphatic rings. The molecule has 0 saturated carbocycles. The Morgan fingerprint density at radius 1 is 1.29 bits per heavy atom. The van der Waals surface area contributed by atoms with Gasteiger partial charge in [0.05, 0.1) is 27.7 Å². The first-order valence-electron chi connectivity index (χ1n) is 5.02. The third-order valence-electron chi connectivity index (χ3n) is 1.33. The second kappa shape index (κ2) is 8.40. The van der Waals surface area contributed by atoms with Gasteiger partial charge in [0.25, 0.3) is 0 Å². The zero-order valence-electron chi connectivity index (χ0n) is 10.9. The maximum Gasteiger partial charge on any atom is 0.302 e. The van der Waals surface area contributed by atoms with Gasteiger partial charge >= 0.3 is 5.97 Å². The predicted molar refractivity (Wildman–Crippen MR) is 60.9 cm³/mol. The molecule has 0 fully saturated rings. The van der Waals surface area contributed by atoms with Gasteiger partial charge in [-0.15, -0.1) is 0 Å². The molecule has 0 aromatic carbocycles. The number of quaternary nitrogens is 1. The fourth-order valence-electron chi connectivity index (χ4n) is 0.608. The van der Waals surface area contributed by atoms with Gasteiger partial charge in [-0.1, -0.05) is 0 Å². The van der Waals surface area contributed by atoms with Crippen LogP contribution >= 0.6 is 0 Å². The standard InChI is InChI=1S/C7H16NO2.C2H6O4S/c1-7(9)10-6-5-8(2,3)4;1-2-6-7(3,4)5/h5-6H2,1-4H3;2H2,1H3,(H,3,4,5)/q+1;/p-1. The monoisotopic (exact) mass is 271 g/mol. The van der Waals surface area contributed by atoms with E-state index in [0.717, 1.165) is 11.0 Å². The summed E-state index contributed by atoms with van der Waals surface area (Å²) in [5.41, 5.74) is 0. The summed E-state index contributed by atoms with van der Waals surface area (Å²) in [5, 5.41) is 0. The lowest BCUT2D eigenvalue weighted by molar-refractivity contribution is -0.870. The molecular formula is C9H21NO6S. The Balaban J connectivity index is 0. The van der Waals surface area contributed by atoms with E-state index >= 15 is 0 Å². The van der Waals surface area contributed by atoms with Gasteiger partial charge in [-0.3, -0.25) is 8.98 Å². The molecule has 0 aliphatic carbocycles. The van der Waals surface area contributed by atoms with Crippen LogP contribution in [0.1, 0.15) is 13.8 Å². The van der Waals surface area contributed by atoms with Crippen LogP contribution in [0.4, 0.5) is 0 Å². The average molecular weight is 271 g/mol. The molecule has 0 unspecified atom stereocenters. The van der Waals surface area contributed by atoms with E-state index in [4.69, 9.17) is 4.74 Å². The largest absolute Gasteiger partial charge is 0.726 e. The highest BCUT2D eigenvalue weighted by Crippen LogP contribution is 1.89. The van der Waals surface area contributed by atoms with E-state index in [2.05, 4.69) is 25.3 Å². The Kier molecular flexibility index (Phi) is 9.22. The minimum Gasteiger partial charge on any atom is -0.726 e. The summed E-state index contributed by atoms with van der Waals surface area (Å²) >= 11 is 0. The van der Waals surface area contributed by atoms with Crippen molar-refractivity contribution in [2.24, 2.45) is 0 Å². The smallest absolute Gasteiger partial charge is 0.302 e. The summed E-state index contributed by atoms with van der Waals surface area (Å²) in [6.45, 7) is 4.13. The first kappa shape index (κ1) is 18.7. The molecule has 0 N–H and O–H groups in total. The summed E-state index contributed by atoms with van der Waals surface area (Å²) in [6, 6.07) is 0. The van der Waals surface area contributed by atoms with Crippen molar-refractivity contribution in [3.8, 4) is 0 Å². The normalized spacial score (nSPS) is 11.4. The van der Waals surface area contributed by atoms with Crippen molar-refractivity contribution in [1.82, 2.24) is 0 Å². The Bertz CT molecular complexity index is 306. The van der Waals surface area contributed by atoms with Crippen molar-refractivity contribution in [1.29, 1.82) is 0 Å². The molecule has 8 heteroatoms. The van der Waals surface area contributed by atoms with Gasteiger partial charge in [0.2, 0.25) is 10.4 Å². The molecule has 0 spiro atoms. The molecular weight excluding hydrogens is 250 g/mol. The zero-order chi connectivity index (χ0) is 14.1. The first-order chi connectivity index (χ1) is 7.48. The molecule has 0 aromatic heterocycles. The zero-order valence-corrected chi connectivity index (χ0v) is 11.7. The number of hydrogen-bond donors (Lipinski definition) is 0. The number of ether oxygens (including phenoxy) is 1. The minimum absolute atomic E-state index is 0.0914. The summed E-state index contributed by atoms with van der Waals surface area (Å²) in [5.74, 6) is -0.201. The number of rotatable bonds is 5. The van der Waals surface area contributed by atoms with Crippen LogP contribution in [0, 0.1) is 0 Å². The van der Waals surface area contributed by atoms with Gasteiger partial charge in [0.1, 0.15) is 13.2 Å². The first-order valence-corrected chi connectivity index (χ1v) is 6.35. The summed E-state index contributed by atoms with van der Waals surface area (Å²) in [4.78, 5) is 10.3. The highest BCUT2D eigenvalue weighted by molar-refractivity contribution is 7.80. The molecule has 0 heterocycles. The predicted octanol–water partition coefficient (Wildman–Crippen LogP) is -0.261. The molecule has 0 radical (unpaired) electrons. The van der Waals surface area contributed by atoms with Gasteiger partial charge in [-0.05, 0) is 6.92 Å². The number of esters is 1. The van der Waals surface area contributed by atoms with E-state index in [9.17, 15) is 17.8 Å². The lowest BCUT2D eigenvalue weighted by atomic mass is 10.5. The van der Waals surface area contributed by atoms with E-state index in [1.165, 1.54) is 13.8 Å². The lowest BCUT2D eigenvalue weighted by Gasteiger charge is -2.23. The average Bonchev–Trinajstić information content (AvgIpc) is 1.98. The van der Waals surface area contributed by atoms with Gasteiger partial charge in [-0.2, -0.15) is 0 Å². The van der Waals surface area contributed by atoms with Crippen molar-refractivity contribution < 1.29 is 31.2 Å². The maximum absolute atomic E-state index is 10.3. The summed E-state index contributed by atoms with van der Waals surface area (Å²) in [6.07, 6.45) is 0. The van der Waals surface area contributed by atoms with Gasteiger partial charge in [-0.25, -0.2) is 8.42 Å². The van der Waals surface area contributed by atoms with Crippen LogP contribution < -0.4 is 0 Å². The molecule has 0 bridgehead atoms. The van der Waals surface area contributed by atoms with Crippen LogP contribution in [0.25, 0.3) is 0 Å². The Labute approximate surface area is 103 Å². The van der Waals surface area contributed by atoms with E-state index in [-0.39, 0.29) is 12.6 Å². The second-order valence-corrected chi connectivity index (χ2v) is 5.22. The van der Waals surface area contributed by atoms with Crippen LogP contribution in [0.15, 0.2) is 0 Å².